The van der Waals surface area contributed by atoms with Crippen LogP contribution in [0.3, 0.4) is 0 Å². The predicted molar refractivity (Wildman–Crippen MR) is 117 cm³/mol. The number of halogens is 2. The van der Waals surface area contributed by atoms with Crippen molar-refractivity contribution in [1.82, 2.24) is 0 Å². The van der Waals surface area contributed by atoms with Crippen LogP contribution < -0.4 is 14.4 Å². The quantitative estimate of drug-likeness (QED) is 0.687. The molecule has 33 heavy (non-hydrogen) atoms. The second-order valence-corrected chi connectivity index (χ2v) is 8.57. The van der Waals surface area contributed by atoms with Crippen molar-refractivity contribution in [2.75, 3.05) is 32.4 Å². The van der Waals surface area contributed by atoms with Gasteiger partial charge in [-0.3, -0.25) is 4.79 Å². The van der Waals surface area contributed by atoms with Crippen LogP contribution in [0.25, 0.3) is 5.57 Å². The Morgan fingerprint density at radius 1 is 1.03 bits per heavy atom. The molecule has 4 unspecified atom stereocenters. The third-order valence-corrected chi connectivity index (χ3v) is 6.82. The lowest BCUT2D eigenvalue weighted by Crippen LogP contribution is -2.56. The maximum Gasteiger partial charge on any atom is 0.173 e. The number of Topliss-reactive ketones (excluding diaryl/α,β-unsaturated/α-hetero) is 1. The fourth-order valence-electron chi connectivity index (χ4n) is 5.15. The number of carbonyl (C=O) groups is 1. The third-order valence-electron chi connectivity index (χ3n) is 6.82. The molecule has 0 spiro atoms. The molecule has 2 fully saturated rings. The Hall–Kier alpha value is -3.13. The number of fused-ring (bicyclic) bond motifs is 3. The minimum Gasteiger partial charge on any atom is -0.496 e. The summed E-state index contributed by atoms with van der Waals surface area (Å²) in [5.74, 6) is -0.569. The van der Waals surface area contributed by atoms with E-state index in [2.05, 4.69) is 0 Å². The summed E-state index contributed by atoms with van der Waals surface area (Å²) >= 11 is 0. The summed E-state index contributed by atoms with van der Waals surface area (Å²) in [6, 6.07) is 8.84. The predicted octanol–water partition coefficient (Wildman–Crippen LogP) is 4.18. The Bertz CT molecular complexity index is 1100. The van der Waals surface area contributed by atoms with Crippen LogP contribution in [-0.4, -0.2) is 45.5 Å². The topological polar surface area (TPSA) is 57.2 Å². The molecule has 2 heterocycles. The van der Waals surface area contributed by atoms with Gasteiger partial charge < -0.3 is 23.8 Å². The van der Waals surface area contributed by atoms with Gasteiger partial charge in [-0.1, -0.05) is 6.07 Å². The van der Waals surface area contributed by atoms with Gasteiger partial charge in [0.2, 0.25) is 0 Å². The van der Waals surface area contributed by atoms with Crippen LogP contribution in [-0.2, 0) is 14.3 Å². The highest BCUT2D eigenvalue weighted by Crippen LogP contribution is 2.43. The van der Waals surface area contributed by atoms with Gasteiger partial charge in [0.25, 0.3) is 0 Å². The van der Waals surface area contributed by atoms with E-state index in [0.717, 1.165) is 12.5 Å². The van der Waals surface area contributed by atoms with Crippen LogP contribution in [0.1, 0.15) is 18.4 Å². The van der Waals surface area contributed by atoms with Crippen LogP contribution >= 0.6 is 0 Å². The first kappa shape index (κ1) is 21.7. The number of ether oxygens (including phenoxy) is 4. The average molecular weight is 457 g/mol. The van der Waals surface area contributed by atoms with Gasteiger partial charge in [0.1, 0.15) is 24.5 Å². The Morgan fingerprint density at radius 2 is 1.85 bits per heavy atom. The molecular formula is C25H25F2NO5. The lowest BCUT2D eigenvalue weighted by molar-refractivity contribution is -0.140. The highest BCUT2D eigenvalue weighted by molar-refractivity contribution is 6.22. The van der Waals surface area contributed by atoms with Crippen LogP contribution in [0.4, 0.5) is 14.5 Å². The minimum absolute atomic E-state index is 0.0157. The smallest absolute Gasteiger partial charge is 0.173 e. The van der Waals surface area contributed by atoms with Crippen molar-refractivity contribution in [3.05, 3.63) is 59.9 Å². The number of methoxy groups -OCH3 is 2. The van der Waals surface area contributed by atoms with Gasteiger partial charge >= 0.3 is 0 Å². The number of hydrogen-bond acceptors (Lipinski definition) is 6. The fourth-order valence-corrected chi connectivity index (χ4v) is 5.15. The van der Waals surface area contributed by atoms with Gasteiger partial charge in [-0.05, 0) is 42.7 Å². The van der Waals surface area contributed by atoms with E-state index in [1.54, 1.807) is 31.3 Å². The molecule has 2 aromatic carbocycles. The molecule has 1 aliphatic carbocycles. The normalized spacial score (nSPS) is 26.6. The number of hydrogen-bond donors (Lipinski definition) is 0. The van der Waals surface area contributed by atoms with Gasteiger partial charge in [-0.15, -0.1) is 0 Å². The molecular weight excluding hydrogens is 432 g/mol. The summed E-state index contributed by atoms with van der Waals surface area (Å²) in [4.78, 5) is 15.2. The fraction of sp³-hybridized carbons (Fsp3) is 0.400. The average Bonchev–Trinajstić information content (AvgIpc) is 2.83. The van der Waals surface area contributed by atoms with E-state index in [0.29, 0.717) is 35.6 Å². The largest absolute Gasteiger partial charge is 0.496 e. The lowest BCUT2D eigenvalue weighted by atomic mass is 9.71. The van der Waals surface area contributed by atoms with Crippen molar-refractivity contribution in [2.45, 2.75) is 25.0 Å². The van der Waals surface area contributed by atoms with Crippen molar-refractivity contribution in [3.63, 3.8) is 0 Å². The molecule has 8 heteroatoms. The molecule has 1 saturated heterocycles. The van der Waals surface area contributed by atoms with Gasteiger partial charge in [0, 0.05) is 18.5 Å². The number of rotatable bonds is 4. The van der Waals surface area contributed by atoms with Crippen molar-refractivity contribution in [1.29, 1.82) is 0 Å². The first-order valence-electron chi connectivity index (χ1n) is 10.9. The molecule has 4 atom stereocenters. The van der Waals surface area contributed by atoms with E-state index in [9.17, 15) is 13.6 Å². The highest BCUT2D eigenvalue weighted by atomic mass is 19.1. The highest BCUT2D eigenvalue weighted by Gasteiger charge is 2.49. The van der Waals surface area contributed by atoms with Gasteiger partial charge in [-0.2, -0.15) is 0 Å². The van der Waals surface area contributed by atoms with Crippen LogP contribution in [0.5, 0.6) is 11.5 Å². The zero-order valence-corrected chi connectivity index (χ0v) is 18.4. The molecule has 0 amide bonds. The standard InChI is InChI=1S/C25H25F2NO5/c1-30-22-7-3-14(9-23(22)31-2)18-12-32-25-16(24(18)29)5-8-21-17(25)11-28(13-33-21)20-6-4-15(26)10-19(20)27/h3-4,6-7,9-10,12,16-17,21,25H,5,8,11,13H2,1-2H3. The second-order valence-electron chi connectivity index (χ2n) is 8.57. The van der Waals surface area contributed by atoms with E-state index in [-0.39, 0.29) is 42.2 Å². The summed E-state index contributed by atoms with van der Waals surface area (Å²) in [5, 5.41) is 0. The summed E-state index contributed by atoms with van der Waals surface area (Å²) < 4.78 is 50.5. The van der Waals surface area contributed by atoms with Crippen LogP contribution in [0, 0.1) is 23.5 Å². The Morgan fingerprint density at radius 3 is 2.61 bits per heavy atom. The van der Waals surface area contributed by atoms with E-state index in [1.807, 2.05) is 6.07 Å². The maximum absolute atomic E-state index is 14.4. The number of nitrogens with zero attached hydrogens (tertiary/aromatic N) is 1. The molecule has 6 nitrogen and oxygen atoms in total. The molecule has 0 radical (unpaired) electrons. The molecule has 174 valence electrons. The van der Waals surface area contributed by atoms with Crippen LogP contribution in [0.15, 0.2) is 42.7 Å². The SMILES string of the molecule is COc1ccc(C2=COC3C(CCC4OCN(c5ccc(F)cc5F)CC43)C2=O)cc1OC. The van der Waals surface area contributed by atoms with Crippen LogP contribution in [0.2, 0.25) is 0 Å². The Kier molecular flexibility index (Phi) is 5.70. The van der Waals surface area contributed by atoms with Gasteiger partial charge in [0.15, 0.2) is 17.3 Å². The summed E-state index contributed by atoms with van der Waals surface area (Å²) in [6.45, 7) is 0.670. The number of benzene rings is 2. The summed E-state index contributed by atoms with van der Waals surface area (Å²) in [7, 11) is 3.10. The summed E-state index contributed by atoms with van der Waals surface area (Å²) in [6.07, 6.45) is 2.45. The summed E-state index contributed by atoms with van der Waals surface area (Å²) in [5.41, 5.74) is 1.47. The zero-order chi connectivity index (χ0) is 23.1. The maximum atomic E-state index is 14.4. The first-order chi connectivity index (χ1) is 16.0. The number of allylic oxidation sites excluding steroid dienone is 1. The van der Waals surface area contributed by atoms with E-state index in [4.69, 9.17) is 18.9 Å². The minimum atomic E-state index is -0.638. The van der Waals surface area contributed by atoms with E-state index < -0.39 is 11.6 Å². The van der Waals surface area contributed by atoms with Gasteiger partial charge in [-0.25, -0.2) is 8.78 Å². The first-order valence-corrected chi connectivity index (χ1v) is 10.9. The van der Waals surface area contributed by atoms with E-state index in [1.165, 1.54) is 18.4 Å². The molecule has 1 saturated carbocycles. The Balaban J connectivity index is 1.40. The molecule has 5 rings (SSSR count). The molecule has 3 aliphatic rings. The van der Waals surface area contributed by atoms with Crippen molar-refractivity contribution in [2.24, 2.45) is 11.8 Å². The molecule has 2 aromatic rings. The number of carbonyl (C=O) groups excluding carboxylic acids is 1. The third kappa shape index (κ3) is 3.82. The van der Waals surface area contributed by atoms with Crippen molar-refractivity contribution < 1.29 is 32.5 Å². The lowest BCUT2D eigenvalue weighted by Gasteiger charge is -2.48. The molecule has 0 bridgehead atoms. The Labute approximate surface area is 190 Å². The molecule has 0 aromatic heterocycles. The zero-order valence-electron chi connectivity index (χ0n) is 18.4. The van der Waals surface area contributed by atoms with Crippen molar-refractivity contribution in [3.8, 4) is 11.5 Å². The number of ketones is 1. The van der Waals surface area contributed by atoms with Crippen molar-refractivity contribution >= 4 is 17.0 Å². The molecule has 2 aliphatic heterocycles. The molecule has 0 N–H and O–H groups in total. The van der Waals surface area contributed by atoms with Gasteiger partial charge in [0.05, 0.1) is 43.8 Å². The monoisotopic (exact) mass is 457 g/mol. The number of anilines is 1. The van der Waals surface area contributed by atoms with E-state index >= 15 is 0 Å². The second kappa shape index (κ2) is 8.67.